The van der Waals surface area contributed by atoms with Crippen LogP contribution in [0.25, 0.3) is 0 Å². The Bertz CT molecular complexity index is 738. The Labute approximate surface area is 115 Å². The van der Waals surface area contributed by atoms with Gasteiger partial charge in [-0.25, -0.2) is 0 Å². The summed E-state index contributed by atoms with van der Waals surface area (Å²) in [6.45, 7) is 1.77. The van der Waals surface area contributed by atoms with Crippen LogP contribution in [0.5, 0.6) is 11.5 Å². The fourth-order valence-electron chi connectivity index (χ4n) is 1.70. The van der Waals surface area contributed by atoms with Gasteiger partial charge in [0.25, 0.3) is 0 Å². The lowest BCUT2D eigenvalue weighted by Crippen LogP contribution is -1.92. The molecular weight excluding hydrogens is 254 g/mol. The summed E-state index contributed by atoms with van der Waals surface area (Å²) in [4.78, 5) is 0. The second kappa shape index (κ2) is 5.56. The van der Waals surface area contributed by atoms with Gasteiger partial charge in [0.1, 0.15) is 11.4 Å². The summed E-state index contributed by atoms with van der Waals surface area (Å²) in [5, 5.41) is 33.3. The van der Waals surface area contributed by atoms with Crippen molar-refractivity contribution in [3.8, 4) is 29.7 Å². The van der Waals surface area contributed by atoms with Crippen molar-refractivity contribution in [2.45, 2.75) is 13.3 Å². The molecule has 0 unspecified atom stereocenters. The highest BCUT2D eigenvalue weighted by Crippen LogP contribution is 2.28. The molecule has 0 aliphatic heterocycles. The number of hydrogen-bond acceptors (Lipinski definition) is 5. The van der Waals surface area contributed by atoms with Crippen LogP contribution in [-0.2, 0) is 6.42 Å². The first-order chi connectivity index (χ1) is 9.67. The summed E-state index contributed by atoms with van der Waals surface area (Å²) in [7, 11) is 0. The van der Waals surface area contributed by atoms with Gasteiger partial charge in [0.2, 0.25) is 0 Å². The number of nitrogens with zero attached hydrogens (tertiary/aromatic N) is 4. The predicted molar refractivity (Wildman–Crippen MR) is 68.6 cm³/mol. The van der Waals surface area contributed by atoms with Gasteiger partial charge in [0, 0.05) is 0 Å². The van der Waals surface area contributed by atoms with Crippen LogP contribution in [-0.4, -0.2) is 10.2 Å². The highest BCUT2D eigenvalue weighted by atomic mass is 16.5. The molecular formula is C14H9N5O. The van der Waals surface area contributed by atoms with Crippen LogP contribution >= 0.6 is 0 Å². The molecule has 0 saturated carbocycles. The third-order valence-electron chi connectivity index (χ3n) is 2.59. The van der Waals surface area contributed by atoms with E-state index in [2.05, 4.69) is 10.2 Å². The second-order valence-electron chi connectivity index (χ2n) is 4.03. The standard InChI is InChI=1S/C14H9N5O/c1-9-14(13(2-3-15)19-18-9)20-12-5-10(7-16)4-11(6-12)8-17/h4-6H,2H2,1H3,(H,18,19). The summed E-state index contributed by atoms with van der Waals surface area (Å²) in [6, 6.07) is 10.5. The maximum absolute atomic E-state index is 8.92. The Hall–Kier alpha value is -3.30. The lowest BCUT2D eigenvalue weighted by molar-refractivity contribution is 0.474. The van der Waals surface area contributed by atoms with Crippen LogP contribution in [0.1, 0.15) is 22.5 Å². The molecule has 0 aliphatic rings. The maximum atomic E-state index is 8.92. The normalized spacial score (nSPS) is 9.30. The molecule has 0 saturated heterocycles. The van der Waals surface area contributed by atoms with E-state index in [1.165, 1.54) is 18.2 Å². The molecule has 0 amide bonds. The molecule has 96 valence electrons. The Balaban J connectivity index is 2.41. The average Bonchev–Trinajstić information content (AvgIpc) is 2.80. The zero-order valence-corrected chi connectivity index (χ0v) is 10.6. The van der Waals surface area contributed by atoms with Gasteiger partial charge < -0.3 is 4.74 Å². The van der Waals surface area contributed by atoms with E-state index in [-0.39, 0.29) is 6.42 Å². The zero-order chi connectivity index (χ0) is 14.5. The predicted octanol–water partition coefficient (Wildman–Crippen LogP) is 2.32. The minimum Gasteiger partial charge on any atom is -0.453 e. The summed E-state index contributed by atoms with van der Waals surface area (Å²) < 4.78 is 5.67. The van der Waals surface area contributed by atoms with Crippen LogP contribution in [0.2, 0.25) is 0 Å². The number of aromatic amines is 1. The lowest BCUT2D eigenvalue weighted by atomic mass is 10.1. The van der Waals surface area contributed by atoms with Crippen molar-refractivity contribution in [2.75, 3.05) is 0 Å². The Morgan fingerprint density at radius 1 is 1.15 bits per heavy atom. The summed E-state index contributed by atoms with van der Waals surface area (Å²) in [5.41, 5.74) is 1.84. The third-order valence-corrected chi connectivity index (χ3v) is 2.59. The number of ether oxygens (including phenoxy) is 1. The van der Waals surface area contributed by atoms with E-state index in [9.17, 15) is 0 Å². The van der Waals surface area contributed by atoms with Crippen molar-refractivity contribution in [2.24, 2.45) is 0 Å². The van der Waals surface area contributed by atoms with E-state index in [1.807, 2.05) is 18.2 Å². The molecule has 6 heteroatoms. The van der Waals surface area contributed by atoms with Gasteiger partial charge in [0.05, 0.1) is 41.4 Å². The van der Waals surface area contributed by atoms with Gasteiger partial charge in [-0.3, -0.25) is 5.10 Å². The quantitative estimate of drug-likeness (QED) is 0.913. The van der Waals surface area contributed by atoms with Crippen LogP contribution in [0.15, 0.2) is 18.2 Å². The van der Waals surface area contributed by atoms with Crippen LogP contribution in [0.4, 0.5) is 0 Å². The minimum atomic E-state index is 0.114. The molecule has 1 heterocycles. The Morgan fingerprint density at radius 3 is 2.35 bits per heavy atom. The van der Waals surface area contributed by atoms with E-state index < -0.39 is 0 Å². The van der Waals surface area contributed by atoms with Crippen LogP contribution in [0.3, 0.4) is 0 Å². The molecule has 1 N–H and O–H groups in total. The van der Waals surface area contributed by atoms with Gasteiger partial charge in [-0.1, -0.05) is 0 Å². The molecule has 0 fully saturated rings. The number of nitriles is 3. The van der Waals surface area contributed by atoms with Gasteiger partial charge in [-0.05, 0) is 25.1 Å². The van der Waals surface area contributed by atoms with E-state index >= 15 is 0 Å². The SMILES string of the molecule is Cc1[nH]nc(CC#N)c1Oc1cc(C#N)cc(C#N)c1. The van der Waals surface area contributed by atoms with Crippen molar-refractivity contribution in [1.82, 2.24) is 10.2 Å². The van der Waals surface area contributed by atoms with Gasteiger partial charge in [0.15, 0.2) is 5.75 Å². The Morgan fingerprint density at radius 2 is 1.80 bits per heavy atom. The average molecular weight is 263 g/mol. The molecule has 0 spiro atoms. The zero-order valence-electron chi connectivity index (χ0n) is 10.6. The largest absolute Gasteiger partial charge is 0.453 e. The van der Waals surface area contributed by atoms with E-state index in [0.717, 1.165) is 0 Å². The van der Waals surface area contributed by atoms with Crippen molar-refractivity contribution in [3.63, 3.8) is 0 Å². The smallest absolute Gasteiger partial charge is 0.172 e. The molecule has 20 heavy (non-hydrogen) atoms. The van der Waals surface area contributed by atoms with Crippen molar-refractivity contribution < 1.29 is 4.74 Å². The number of nitrogens with one attached hydrogen (secondary N) is 1. The van der Waals surface area contributed by atoms with Crippen LogP contribution < -0.4 is 4.74 Å². The second-order valence-corrected chi connectivity index (χ2v) is 4.03. The molecule has 2 aromatic rings. The number of rotatable bonds is 3. The number of H-pyrrole nitrogens is 1. The fraction of sp³-hybridized carbons (Fsp3) is 0.143. The first-order valence-electron chi connectivity index (χ1n) is 5.72. The van der Waals surface area contributed by atoms with Gasteiger partial charge >= 0.3 is 0 Å². The highest BCUT2D eigenvalue weighted by Gasteiger charge is 2.13. The molecule has 1 aromatic heterocycles. The van der Waals surface area contributed by atoms with E-state index in [0.29, 0.717) is 34.0 Å². The summed E-state index contributed by atoms with van der Waals surface area (Å²) in [5.74, 6) is 0.815. The topological polar surface area (TPSA) is 109 Å². The van der Waals surface area contributed by atoms with E-state index in [1.54, 1.807) is 6.92 Å². The molecule has 6 nitrogen and oxygen atoms in total. The van der Waals surface area contributed by atoms with Gasteiger partial charge in [-0.2, -0.15) is 20.9 Å². The summed E-state index contributed by atoms with van der Waals surface area (Å²) >= 11 is 0. The first kappa shape index (κ1) is 13.1. The number of aryl methyl sites for hydroxylation is 1. The monoisotopic (exact) mass is 263 g/mol. The first-order valence-corrected chi connectivity index (χ1v) is 5.72. The lowest BCUT2D eigenvalue weighted by Gasteiger charge is -2.06. The van der Waals surface area contributed by atoms with Crippen molar-refractivity contribution in [3.05, 3.63) is 40.7 Å². The van der Waals surface area contributed by atoms with Crippen molar-refractivity contribution in [1.29, 1.82) is 15.8 Å². The van der Waals surface area contributed by atoms with E-state index in [4.69, 9.17) is 20.5 Å². The highest BCUT2D eigenvalue weighted by molar-refractivity contribution is 5.47. The number of aromatic nitrogens is 2. The molecule has 0 radical (unpaired) electrons. The molecule has 0 atom stereocenters. The maximum Gasteiger partial charge on any atom is 0.172 e. The Kier molecular flexibility index (Phi) is 3.65. The minimum absolute atomic E-state index is 0.114. The number of benzene rings is 1. The fourth-order valence-corrected chi connectivity index (χ4v) is 1.70. The third kappa shape index (κ3) is 2.58. The molecule has 0 bridgehead atoms. The molecule has 0 aliphatic carbocycles. The summed E-state index contributed by atoms with van der Waals surface area (Å²) in [6.07, 6.45) is 0.114. The van der Waals surface area contributed by atoms with Crippen molar-refractivity contribution >= 4 is 0 Å². The molecule has 2 rings (SSSR count). The molecule has 1 aromatic carbocycles. The van der Waals surface area contributed by atoms with Gasteiger partial charge in [-0.15, -0.1) is 0 Å². The number of hydrogen-bond donors (Lipinski definition) is 1. The van der Waals surface area contributed by atoms with Crippen LogP contribution in [0, 0.1) is 40.9 Å².